The van der Waals surface area contributed by atoms with E-state index in [0.29, 0.717) is 6.54 Å². The summed E-state index contributed by atoms with van der Waals surface area (Å²) < 4.78 is 27.2. The normalized spacial score (nSPS) is 15.9. The molecule has 35 heavy (non-hydrogen) atoms. The molecule has 0 bridgehead atoms. The van der Waals surface area contributed by atoms with Gasteiger partial charge in [0.2, 0.25) is 11.8 Å². The molecule has 0 spiro atoms. The van der Waals surface area contributed by atoms with E-state index in [9.17, 15) is 18.4 Å². The second kappa shape index (κ2) is 10.5. The molecule has 6 nitrogen and oxygen atoms in total. The van der Waals surface area contributed by atoms with Crippen molar-refractivity contribution in [3.05, 3.63) is 101 Å². The van der Waals surface area contributed by atoms with Gasteiger partial charge in [-0.05, 0) is 31.2 Å². The summed E-state index contributed by atoms with van der Waals surface area (Å²) in [5.74, 6) is -2.33. The summed E-state index contributed by atoms with van der Waals surface area (Å²) in [6.07, 6.45) is -0.950. The Labute approximate surface area is 202 Å². The fraction of sp³-hybridized carbons (Fsp3) is 0.222. The minimum Gasteiger partial charge on any atom is -0.370 e. The standard InChI is InChI=1S/C27H26F2N4O2/c1-17(30-25(34)15-19-14-20(28)12-13-22(19)29)27(35)32-24-16-33(2)23-11-7-6-10-21(23)26(31-24)18-8-4-3-5-9-18/h3-14,17,24H,15-16H2,1-2H3,(H,30,34)(H,32,35)/t17-,24+/m0/s1. The van der Waals surface area contributed by atoms with Gasteiger partial charge < -0.3 is 15.5 Å². The van der Waals surface area contributed by atoms with Crippen LogP contribution in [-0.4, -0.2) is 43.3 Å². The van der Waals surface area contributed by atoms with Crippen LogP contribution in [0.2, 0.25) is 0 Å². The summed E-state index contributed by atoms with van der Waals surface area (Å²) in [6.45, 7) is 1.96. The number of likely N-dealkylation sites (N-methyl/N-ethyl adjacent to an activating group) is 1. The van der Waals surface area contributed by atoms with Gasteiger partial charge in [-0.15, -0.1) is 0 Å². The minimum absolute atomic E-state index is 0.0737. The number of anilines is 1. The van der Waals surface area contributed by atoms with E-state index in [2.05, 4.69) is 10.6 Å². The summed E-state index contributed by atoms with van der Waals surface area (Å²) in [4.78, 5) is 32.2. The number of hydrogen-bond acceptors (Lipinski definition) is 4. The first kappa shape index (κ1) is 24.1. The fourth-order valence-corrected chi connectivity index (χ4v) is 4.03. The van der Waals surface area contributed by atoms with Crippen LogP contribution >= 0.6 is 0 Å². The lowest BCUT2D eigenvalue weighted by Gasteiger charge is -2.24. The molecule has 180 valence electrons. The number of carbonyl (C=O) groups excluding carboxylic acids is 2. The van der Waals surface area contributed by atoms with Crippen LogP contribution in [-0.2, 0) is 16.0 Å². The Morgan fingerprint density at radius 1 is 1.06 bits per heavy atom. The number of fused-ring (bicyclic) bond motifs is 1. The number of benzene rings is 3. The molecule has 8 heteroatoms. The number of para-hydroxylation sites is 1. The molecule has 2 atom stereocenters. The lowest BCUT2D eigenvalue weighted by Crippen LogP contribution is -2.50. The van der Waals surface area contributed by atoms with Crippen molar-refractivity contribution < 1.29 is 18.4 Å². The van der Waals surface area contributed by atoms with Crippen LogP contribution in [0.5, 0.6) is 0 Å². The van der Waals surface area contributed by atoms with Crippen molar-refractivity contribution in [1.82, 2.24) is 10.6 Å². The average Bonchev–Trinajstić information content (AvgIpc) is 2.98. The topological polar surface area (TPSA) is 73.8 Å². The molecule has 1 aliphatic rings. The largest absolute Gasteiger partial charge is 0.370 e. The van der Waals surface area contributed by atoms with E-state index >= 15 is 0 Å². The number of aliphatic imine (C=N–C) groups is 1. The molecule has 3 aromatic carbocycles. The molecule has 0 unspecified atom stereocenters. The zero-order valence-electron chi connectivity index (χ0n) is 19.5. The molecule has 0 saturated carbocycles. The molecule has 0 radical (unpaired) electrons. The van der Waals surface area contributed by atoms with Gasteiger partial charge in [0.05, 0.1) is 18.7 Å². The number of halogens is 2. The van der Waals surface area contributed by atoms with Gasteiger partial charge >= 0.3 is 0 Å². The smallest absolute Gasteiger partial charge is 0.243 e. The molecule has 0 aromatic heterocycles. The number of amides is 2. The van der Waals surface area contributed by atoms with Crippen molar-refractivity contribution in [2.45, 2.75) is 25.6 Å². The first-order valence-corrected chi connectivity index (χ1v) is 11.3. The van der Waals surface area contributed by atoms with Crippen molar-refractivity contribution in [3.8, 4) is 0 Å². The zero-order valence-corrected chi connectivity index (χ0v) is 19.5. The van der Waals surface area contributed by atoms with Crippen LogP contribution in [0.25, 0.3) is 0 Å². The van der Waals surface area contributed by atoms with E-state index in [1.807, 2.05) is 66.5 Å². The second-order valence-corrected chi connectivity index (χ2v) is 8.47. The molecule has 0 aliphatic carbocycles. The van der Waals surface area contributed by atoms with Gasteiger partial charge in [-0.2, -0.15) is 0 Å². The van der Waals surface area contributed by atoms with Gasteiger partial charge in [-0.3, -0.25) is 14.6 Å². The summed E-state index contributed by atoms with van der Waals surface area (Å²) in [5.41, 5.74) is 3.55. The van der Waals surface area contributed by atoms with Gasteiger partial charge in [0.1, 0.15) is 23.8 Å². The van der Waals surface area contributed by atoms with Crippen LogP contribution < -0.4 is 15.5 Å². The highest BCUT2D eigenvalue weighted by molar-refractivity contribution is 6.16. The van der Waals surface area contributed by atoms with Gasteiger partial charge in [0, 0.05) is 29.4 Å². The molecule has 0 saturated heterocycles. The van der Waals surface area contributed by atoms with Crippen molar-refractivity contribution >= 4 is 23.2 Å². The first-order valence-electron chi connectivity index (χ1n) is 11.3. The molecule has 1 aliphatic heterocycles. The third-order valence-electron chi connectivity index (χ3n) is 5.79. The molecule has 0 fully saturated rings. The Kier molecular flexibility index (Phi) is 7.19. The summed E-state index contributed by atoms with van der Waals surface area (Å²) >= 11 is 0. The van der Waals surface area contributed by atoms with Gasteiger partial charge in [0.15, 0.2) is 0 Å². The summed E-state index contributed by atoms with van der Waals surface area (Å²) in [6, 6.07) is 19.7. The van der Waals surface area contributed by atoms with E-state index in [-0.39, 0.29) is 12.0 Å². The van der Waals surface area contributed by atoms with Crippen molar-refractivity contribution in [2.75, 3.05) is 18.5 Å². The number of nitrogens with one attached hydrogen (secondary N) is 2. The molecule has 1 heterocycles. The van der Waals surface area contributed by atoms with Gasteiger partial charge in [-0.25, -0.2) is 8.78 Å². The number of hydrogen-bond donors (Lipinski definition) is 2. The Morgan fingerprint density at radius 3 is 2.54 bits per heavy atom. The summed E-state index contributed by atoms with van der Waals surface area (Å²) in [7, 11) is 1.93. The van der Waals surface area contributed by atoms with Crippen LogP contribution in [0, 0.1) is 11.6 Å². The molecule has 3 aromatic rings. The molecular formula is C27H26F2N4O2. The number of benzodiazepines with no additional fused rings is 1. The molecule has 4 rings (SSSR count). The predicted molar refractivity (Wildman–Crippen MR) is 131 cm³/mol. The Morgan fingerprint density at radius 2 is 1.77 bits per heavy atom. The third kappa shape index (κ3) is 5.71. The lowest BCUT2D eigenvalue weighted by molar-refractivity contribution is -0.128. The van der Waals surface area contributed by atoms with Crippen LogP contribution in [0.15, 0.2) is 77.8 Å². The Hall–Kier alpha value is -4.07. The lowest BCUT2D eigenvalue weighted by atomic mass is 10.0. The number of carbonyl (C=O) groups is 2. The average molecular weight is 477 g/mol. The molecular weight excluding hydrogens is 450 g/mol. The van der Waals surface area contributed by atoms with E-state index in [0.717, 1.165) is 40.7 Å². The highest BCUT2D eigenvalue weighted by atomic mass is 19.1. The maximum Gasteiger partial charge on any atom is 0.243 e. The number of rotatable bonds is 6. The number of nitrogens with zero attached hydrogens (tertiary/aromatic N) is 2. The predicted octanol–water partition coefficient (Wildman–Crippen LogP) is 3.44. The molecule has 2 amide bonds. The van der Waals surface area contributed by atoms with Crippen LogP contribution in [0.3, 0.4) is 0 Å². The maximum atomic E-state index is 13.9. The van der Waals surface area contributed by atoms with Crippen LogP contribution in [0.4, 0.5) is 14.5 Å². The highest BCUT2D eigenvalue weighted by Crippen LogP contribution is 2.26. The Bertz CT molecular complexity index is 1260. The van der Waals surface area contributed by atoms with Crippen molar-refractivity contribution in [2.24, 2.45) is 4.99 Å². The first-order chi connectivity index (χ1) is 16.8. The Balaban J connectivity index is 1.49. The van der Waals surface area contributed by atoms with E-state index in [4.69, 9.17) is 4.99 Å². The van der Waals surface area contributed by atoms with Crippen molar-refractivity contribution in [3.63, 3.8) is 0 Å². The molecule has 2 N–H and O–H groups in total. The summed E-state index contributed by atoms with van der Waals surface area (Å²) in [5, 5.41) is 5.45. The zero-order chi connectivity index (χ0) is 24.9. The quantitative estimate of drug-likeness (QED) is 0.573. The maximum absolute atomic E-state index is 13.9. The fourth-order valence-electron chi connectivity index (χ4n) is 4.03. The SMILES string of the molecule is C[C@H](NC(=O)Cc1cc(F)ccc1F)C(=O)N[C@@H]1CN(C)c2ccccc2C(c2ccccc2)=N1. The van der Waals surface area contributed by atoms with Gasteiger partial charge in [0.25, 0.3) is 0 Å². The highest BCUT2D eigenvalue weighted by Gasteiger charge is 2.25. The minimum atomic E-state index is -0.898. The van der Waals surface area contributed by atoms with Crippen molar-refractivity contribution in [1.29, 1.82) is 0 Å². The second-order valence-electron chi connectivity index (χ2n) is 8.47. The van der Waals surface area contributed by atoms with E-state index in [1.54, 1.807) is 0 Å². The van der Waals surface area contributed by atoms with Crippen LogP contribution in [0.1, 0.15) is 23.6 Å². The monoisotopic (exact) mass is 476 g/mol. The van der Waals surface area contributed by atoms with Gasteiger partial charge in [-0.1, -0.05) is 48.5 Å². The third-order valence-corrected chi connectivity index (χ3v) is 5.79. The van der Waals surface area contributed by atoms with E-state index in [1.165, 1.54) is 6.92 Å². The van der Waals surface area contributed by atoms with E-state index < -0.39 is 35.7 Å².